The Labute approximate surface area is 95.8 Å². The predicted molar refractivity (Wildman–Crippen MR) is 60.8 cm³/mol. The summed E-state index contributed by atoms with van der Waals surface area (Å²) in [5, 5.41) is 3.39. The Morgan fingerprint density at radius 3 is 3.00 bits per heavy atom. The number of rotatable bonds is 0. The average molecular weight is 275 g/mol. The number of nitrogens with one attached hydrogen (secondary N) is 1. The van der Waals surface area contributed by atoms with Gasteiger partial charge in [-0.25, -0.2) is 0 Å². The number of anilines is 1. The highest BCUT2D eigenvalue weighted by atomic mass is 79.9. The minimum Gasteiger partial charge on any atom is -0.325 e. The van der Waals surface area contributed by atoms with Gasteiger partial charge in [0.15, 0.2) is 0 Å². The monoisotopic (exact) mass is 273 g/mol. The number of carbonyl (C=O) groups is 1. The van der Waals surface area contributed by atoms with E-state index in [2.05, 4.69) is 21.2 Å². The van der Waals surface area contributed by atoms with Gasteiger partial charge in [-0.3, -0.25) is 4.79 Å². The van der Waals surface area contributed by atoms with E-state index in [1.165, 1.54) is 0 Å². The normalized spacial score (nSPS) is 20.2. The molecule has 0 spiro atoms. The molecule has 1 atom stereocenters. The maximum Gasteiger partial charge on any atom is 0.225 e. The SMILES string of the molecule is C[C@H]1CC(=O)Nc2c(Cl)cc(Br)cc21. The van der Waals surface area contributed by atoms with Crippen LogP contribution >= 0.6 is 27.5 Å². The van der Waals surface area contributed by atoms with Crippen LogP contribution in [0.15, 0.2) is 16.6 Å². The van der Waals surface area contributed by atoms with E-state index in [4.69, 9.17) is 11.6 Å². The van der Waals surface area contributed by atoms with Crippen LogP contribution in [0.5, 0.6) is 0 Å². The van der Waals surface area contributed by atoms with Crippen LogP contribution < -0.4 is 5.32 Å². The molecule has 0 aromatic heterocycles. The van der Waals surface area contributed by atoms with Crippen LogP contribution in [0.2, 0.25) is 5.02 Å². The number of carbonyl (C=O) groups excluding carboxylic acids is 1. The van der Waals surface area contributed by atoms with Crippen molar-refractivity contribution in [1.29, 1.82) is 0 Å². The second kappa shape index (κ2) is 3.55. The first kappa shape index (κ1) is 9.99. The van der Waals surface area contributed by atoms with E-state index < -0.39 is 0 Å². The van der Waals surface area contributed by atoms with Gasteiger partial charge < -0.3 is 5.32 Å². The summed E-state index contributed by atoms with van der Waals surface area (Å²) in [6.45, 7) is 2.03. The fourth-order valence-corrected chi connectivity index (χ4v) is 2.57. The average Bonchev–Trinajstić information content (AvgIpc) is 2.07. The summed E-state index contributed by atoms with van der Waals surface area (Å²) in [4.78, 5) is 11.3. The second-order valence-corrected chi connectivity index (χ2v) is 4.83. The molecule has 0 radical (unpaired) electrons. The van der Waals surface area contributed by atoms with Gasteiger partial charge >= 0.3 is 0 Å². The number of hydrogen-bond donors (Lipinski definition) is 1. The lowest BCUT2D eigenvalue weighted by atomic mass is 9.92. The lowest BCUT2D eigenvalue weighted by Gasteiger charge is -2.23. The first-order valence-electron chi connectivity index (χ1n) is 4.36. The summed E-state index contributed by atoms with van der Waals surface area (Å²) < 4.78 is 0.948. The highest BCUT2D eigenvalue weighted by molar-refractivity contribution is 9.10. The van der Waals surface area contributed by atoms with E-state index in [1.807, 2.05) is 13.0 Å². The predicted octanol–water partition coefficient (Wildman–Crippen LogP) is 3.55. The zero-order valence-electron chi connectivity index (χ0n) is 7.60. The number of halogens is 2. The van der Waals surface area contributed by atoms with Crippen molar-refractivity contribution in [2.75, 3.05) is 5.32 Å². The minimum absolute atomic E-state index is 0.0363. The summed E-state index contributed by atoms with van der Waals surface area (Å²) in [5.41, 5.74) is 1.86. The number of benzene rings is 1. The molecule has 2 nitrogen and oxygen atoms in total. The van der Waals surface area contributed by atoms with Crippen molar-refractivity contribution in [3.63, 3.8) is 0 Å². The summed E-state index contributed by atoms with van der Waals surface area (Å²) in [5.74, 6) is 0.267. The van der Waals surface area contributed by atoms with E-state index in [0.29, 0.717) is 11.4 Å². The standard InChI is InChI=1S/C10H9BrClNO/c1-5-2-9(14)13-10-7(5)3-6(11)4-8(10)12/h3-5H,2H2,1H3,(H,13,14)/t5-/m0/s1. The Balaban J connectivity index is 2.58. The molecule has 1 N–H and O–H groups in total. The van der Waals surface area contributed by atoms with Crippen LogP contribution in [0.25, 0.3) is 0 Å². The quantitative estimate of drug-likeness (QED) is 0.770. The van der Waals surface area contributed by atoms with Crippen molar-refractivity contribution in [2.45, 2.75) is 19.3 Å². The molecule has 1 aromatic carbocycles. The first-order valence-corrected chi connectivity index (χ1v) is 5.54. The van der Waals surface area contributed by atoms with E-state index in [0.717, 1.165) is 15.7 Å². The van der Waals surface area contributed by atoms with E-state index in [-0.39, 0.29) is 11.8 Å². The van der Waals surface area contributed by atoms with Gasteiger partial charge in [0.1, 0.15) is 0 Å². The van der Waals surface area contributed by atoms with Crippen molar-refractivity contribution in [3.05, 3.63) is 27.2 Å². The molecule has 4 heteroatoms. The molecule has 1 aromatic rings. The second-order valence-electron chi connectivity index (χ2n) is 3.51. The third kappa shape index (κ3) is 1.66. The third-order valence-electron chi connectivity index (χ3n) is 2.37. The molecule has 0 unspecified atom stereocenters. The minimum atomic E-state index is 0.0363. The number of fused-ring (bicyclic) bond motifs is 1. The Kier molecular flexibility index (Phi) is 2.54. The molecular weight excluding hydrogens is 265 g/mol. The van der Waals surface area contributed by atoms with Crippen molar-refractivity contribution in [2.24, 2.45) is 0 Å². The highest BCUT2D eigenvalue weighted by Crippen LogP contribution is 2.38. The van der Waals surface area contributed by atoms with Crippen molar-refractivity contribution in [1.82, 2.24) is 0 Å². The fraction of sp³-hybridized carbons (Fsp3) is 0.300. The zero-order valence-corrected chi connectivity index (χ0v) is 9.95. The smallest absolute Gasteiger partial charge is 0.225 e. The number of amides is 1. The first-order chi connectivity index (χ1) is 6.58. The van der Waals surface area contributed by atoms with Crippen molar-refractivity contribution < 1.29 is 4.79 Å². The molecule has 74 valence electrons. The molecule has 0 fully saturated rings. The molecule has 1 aliphatic heterocycles. The molecular formula is C10H9BrClNO. The van der Waals surface area contributed by atoms with Crippen LogP contribution in [0.1, 0.15) is 24.8 Å². The van der Waals surface area contributed by atoms with Crippen LogP contribution in [0.4, 0.5) is 5.69 Å². The number of hydrogen-bond acceptors (Lipinski definition) is 1. The van der Waals surface area contributed by atoms with Gasteiger partial charge in [0.25, 0.3) is 0 Å². The lowest BCUT2D eigenvalue weighted by Crippen LogP contribution is -2.21. The third-order valence-corrected chi connectivity index (χ3v) is 3.13. The molecule has 14 heavy (non-hydrogen) atoms. The molecule has 1 heterocycles. The van der Waals surface area contributed by atoms with E-state index >= 15 is 0 Å². The lowest BCUT2D eigenvalue weighted by molar-refractivity contribution is -0.116. The Hall–Kier alpha value is -0.540. The molecule has 2 rings (SSSR count). The van der Waals surface area contributed by atoms with Crippen LogP contribution in [0, 0.1) is 0 Å². The van der Waals surface area contributed by atoms with Gasteiger partial charge in [0.05, 0.1) is 10.7 Å². The maximum absolute atomic E-state index is 11.3. The summed E-state index contributed by atoms with van der Waals surface area (Å²) in [6, 6.07) is 3.80. The van der Waals surface area contributed by atoms with Crippen molar-refractivity contribution >= 4 is 39.1 Å². The van der Waals surface area contributed by atoms with Crippen LogP contribution in [-0.4, -0.2) is 5.91 Å². The largest absolute Gasteiger partial charge is 0.325 e. The fourth-order valence-electron chi connectivity index (χ4n) is 1.69. The van der Waals surface area contributed by atoms with Gasteiger partial charge in [-0.05, 0) is 23.6 Å². The van der Waals surface area contributed by atoms with E-state index in [1.54, 1.807) is 6.07 Å². The molecule has 0 saturated heterocycles. The van der Waals surface area contributed by atoms with E-state index in [9.17, 15) is 4.79 Å². The Morgan fingerprint density at radius 2 is 2.29 bits per heavy atom. The van der Waals surface area contributed by atoms with Gasteiger partial charge in [-0.2, -0.15) is 0 Å². The molecule has 0 bridgehead atoms. The van der Waals surface area contributed by atoms with Gasteiger partial charge in [-0.1, -0.05) is 34.5 Å². The molecule has 1 aliphatic rings. The van der Waals surface area contributed by atoms with Gasteiger partial charge in [0.2, 0.25) is 5.91 Å². The summed E-state index contributed by atoms with van der Waals surface area (Å²) >= 11 is 9.42. The Morgan fingerprint density at radius 1 is 1.57 bits per heavy atom. The molecule has 1 amide bonds. The maximum atomic E-state index is 11.3. The summed E-state index contributed by atoms with van der Waals surface area (Å²) in [7, 11) is 0. The van der Waals surface area contributed by atoms with Crippen LogP contribution in [-0.2, 0) is 4.79 Å². The zero-order chi connectivity index (χ0) is 10.3. The molecule has 0 aliphatic carbocycles. The summed E-state index contributed by atoms with van der Waals surface area (Å²) in [6.07, 6.45) is 0.528. The van der Waals surface area contributed by atoms with Crippen molar-refractivity contribution in [3.8, 4) is 0 Å². The Bertz CT molecular complexity index is 405. The van der Waals surface area contributed by atoms with Gasteiger partial charge in [-0.15, -0.1) is 0 Å². The van der Waals surface area contributed by atoms with Crippen LogP contribution in [0.3, 0.4) is 0 Å². The van der Waals surface area contributed by atoms with Gasteiger partial charge in [0, 0.05) is 10.9 Å². The highest BCUT2D eigenvalue weighted by Gasteiger charge is 2.23. The molecule has 0 saturated carbocycles. The topological polar surface area (TPSA) is 29.1 Å².